The van der Waals surface area contributed by atoms with Gasteiger partial charge in [-0.1, -0.05) is 30.2 Å². The van der Waals surface area contributed by atoms with Crippen LogP contribution in [0, 0.1) is 5.92 Å². The van der Waals surface area contributed by atoms with Gasteiger partial charge in [0, 0.05) is 46.9 Å². The quantitative estimate of drug-likeness (QED) is 0.289. The molecule has 0 spiro atoms. The van der Waals surface area contributed by atoms with Crippen molar-refractivity contribution in [2.75, 3.05) is 5.32 Å². The van der Waals surface area contributed by atoms with Gasteiger partial charge in [-0.25, -0.2) is 9.36 Å². The van der Waals surface area contributed by atoms with Crippen molar-refractivity contribution in [3.63, 3.8) is 0 Å². The molecule has 44 heavy (non-hydrogen) atoms. The number of aromatic nitrogens is 8. The minimum Gasteiger partial charge on any atom is -0.323 e. The zero-order valence-corrected chi connectivity index (χ0v) is 24.2. The summed E-state index contributed by atoms with van der Waals surface area (Å²) in [7, 11) is 1.77. The maximum Gasteiger partial charge on any atom is 0.436 e. The summed E-state index contributed by atoms with van der Waals surface area (Å²) in [6, 6.07) is 8.95. The first-order valence-electron chi connectivity index (χ1n) is 13.7. The predicted octanol–water partition coefficient (Wildman–Crippen LogP) is 5.31. The lowest BCUT2D eigenvalue weighted by Gasteiger charge is -2.21. The molecule has 2 bridgehead atoms. The van der Waals surface area contributed by atoms with Gasteiger partial charge in [0.15, 0.2) is 5.69 Å². The van der Waals surface area contributed by atoms with E-state index in [4.69, 9.17) is 11.6 Å². The van der Waals surface area contributed by atoms with Crippen LogP contribution in [0.25, 0.3) is 28.1 Å². The van der Waals surface area contributed by atoms with Crippen LogP contribution in [0.1, 0.15) is 43.6 Å². The molecule has 5 aromatic rings. The van der Waals surface area contributed by atoms with Crippen molar-refractivity contribution in [1.29, 1.82) is 0 Å². The molecule has 15 heteroatoms. The Bertz CT molecular complexity index is 1930. The highest BCUT2D eigenvalue weighted by Crippen LogP contribution is 2.34. The van der Waals surface area contributed by atoms with E-state index < -0.39 is 23.5 Å². The maximum atomic E-state index is 13.7. The average Bonchev–Trinajstić information content (AvgIpc) is 3.62. The number of amides is 1. The third kappa shape index (κ3) is 5.60. The summed E-state index contributed by atoms with van der Waals surface area (Å²) in [6.07, 6.45) is 2.41. The number of hydrogen-bond acceptors (Lipinski definition) is 7. The molecule has 0 fully saturated rings. The maximum absolute atomic E-state index is 13.7. The van der Waals surface area contributed by atoms with E-state index in [1.807, 2.05) is 13.0 Å². The number of hydrogen-bond donors (Lipinski definition) is 1. The Hall–Kier alpha value is -4.85. The molecule has 11 nitrogen and oxygen atoms in total. The molecule has 0 aliphatic carbocycles. The third-order valence-corrected chi connectivity index (χ3v) is 7.81. The predicted molar refractivity (Wildman–Crippen MR) is 155 cm³/mol. The van der Waals surface area contributed by atoms with Gasteiger partial charge in [0.2, 0.25) is 5.91 Å². The lowest BCUT2D eigenvalue weighted by molar-refractivity contribution is -0.141. The largest absolute Gasteiger partial charge is 0.436 e. The number of anilines is 1. The van der Waals surface area contributed by atoms with Gasteiger partial charge in [-0.3, -0.25) is 19.3 Å². The summed E-state index contributed by atoms with van der Waals surface area (Å²) in [4.78, 5) is 31.1. The van der Waals surface area contributed by atoms with E-state index in [1.54, 1.807) is 30.2 Å². The van der Waals surface area contributed by atoms with Crippen LogP contribution < -0.4 is 10.9 Å². The number of carbonyl (C=O) groups excluding carboxylic acids is 1. The van der Waals surface area contributed by atoms with Gasteiger partial charge in [0.05, 0.1) is 47.4 Å². The Labute approximate surface area is 253 Å². The molecule has 0 unspecified atom stereocenters. The van der Waals surface area contributed by atoms with Crippen LogP contribution >= 0.6 is 11.6 Å². The van der Waals surface area contributed by atoms with E-state index in [1.165, 1.54) is 35.1 Å². The Balaban J connectivity index is 1.42. The van der Waals surface area contributed by atoms with Crippen molar-refractivity contribution < 1.29 is 18.0 Å². The molecule has 1 amide bonds. The summed E-state index contributed by atoms with van der Waals surface area (Å²) in [5.74, 6) is -0.422. The highest BCUT2D eigenvalue weighted by Gasteiger charge is 2.35. The van der Waals surface area contributed by atoms with E-state index in [0.717, 1.165) is 16.4 Å². The lowest BCUT2D eigenvalue weighted by atomic mass is 9.97. The zero-order valence-electron chi connectivity index (χ0n) is 23.5. The second-order valence-electron chi connectivity index (χ2n) is 10.6. The van der Waals surface area contributed by atoms with Crippen LogP contribution in [0.3, 0.4) is 0 Å². The minimum absolute atomic E-state index is 0.127. The highest BCUT2D eigenvalue weighted by atomic mass is 35.5. The number of nitrogens with zero attached hydrogens (tertiary/aromatic N) is 8. The first kappa shape index (κ1) is 29.2. The number of aryl methyl sites for hydroxylation is 1. The van der Waals surface area contributed by atoms with Gasteiger partial charge in [-0.05, 0) is 43.2 Å². The molecule has 0 saturated heterocycles. The minimum atomic E-state index is -4.67. The number of benzene rings is 1. The van der Waals surface area contributed by atoms with Gasteiger partial charge in [0.25, 0.3) is 5.56 Å². The first-order chi connectivity index (χ1) is 21.0. The smallest absolute Gasteiger partial charge is 0.323 e. The van der Waals surface area contributed by atoms with Crippen LogP contribution in [-0.4, -0.2) is 45.4 Å². The molecule has 1 N–H and O–H groups in total. The topological polar surface area (TPSA) is 125 Å². The fraction of sp³-hybridized carbons (Fsp3) is 0.276. The van der Waals surface area contributed by atoms with Crippen LogP contribution in [0.5, 0.6) is 0 Å². The number of alkyl halides is 3. The molecule has 226 valence electrons. The van der Waals surface area contributed by atoms with Crippen LogP contribution in [0.2, 0.25) is 5.02 Å². The van der Waals surface area contributed by atoms with Crippen LogP contribution in [0.15, 0.2) is 66.0 Å². The van der Waals surface area contributed by atoms with Gasteiger partial charge in [0.1, 0.15) is 0 Å². The second-order valence-corrected chi connectivity index (χ2v) is 11.0. The Kier molecular flexibility index (Phi) is 7.53. The summed E-state index contributed by atoms with van der Waals surface area (Å²) in [5, 5.41) is 19.0. The van der Waals surface area contributed by atoms with Gasteiger partial charge in [-0.2, -0.15) is 23.4 Å². The fourth-order valence-corrected chi connectivity index (χ4v) is 5.47. The zero-order chi connectivity index (χ0) is 31.2. The van der Waals surface area contributed by atoms with E-state index in [2.05, 4.69) is 30.8 Å². The Morgan fingerprint density at radius 3 is 2.59 bits per heavy atom. The monoisotopic (exact) mass is 623 g/mol. The van der Waals surface area contributed by atoms with E-state index in [-0.39, 0.29) is 17.5 Å². The second kappa shape index (κ2) is 11.3. The first-order valence-corrected chi connectivity index (χ1v) is 14.1. The molecular formula is C29H25ClF3N9O2. The number of halogens is 4. The third-order valence-electron chi connectivity index (χ3n) is 7.58. The van der Waals surface area contributed by atoms with Crippen molar-refractivity contribution in [3.8, 4) is 28.1 Å². The molecule has 2 atom stereocenters. The standard InChI is InChI=1S/C29H25ClF3N9O2/c1-16-4-3-5-24(21-10-17(8-9-34-21)27-22(37-28(16)44)14-35-40(27)2)42-26(43)11-18(13-36-42)20-12-19(30)6-7-23(20)41-15-25(38-39-41)29(31,32)33/h6-16,24H,3-5H2,1-2H3,(H,37,44)/t16-,24+/m1/s1. The molecule has 1 aliphatic rings. The van der Waals surface area contributed by atoms with E-state index >= 15 is 0 Å². The van der Waals surface area contributed by atoms with Crippen LogP contribution in [-0.2, 0) is 18.0 Å². The number of fused-ring (bicyclic) bond motifs is 4. The highest BCUT2D eigenvalue weighted by molar-refractivity contribution is 6.31. The molecule has 0 radical (unpaired) electrons. The molecule has 4 aromatic heterocycles. The molecule has 1 aromatic carbocycles. The molecule has 1 aliphatic heterocycles. The van der Waals surface area contributed by atoms with Crippen molar-refractivity contribution in [3.05, 3.63) is 87.9 Å². The normalized spacial score (nSPS) is 17.4. The summed E-state index contributed by atoms with van der Waals surface area (Å²) < 4.78 is 43.6. The van der Waals surface area contributed by atoms with Crippen molar-refractivity contribution >= 4 is 23.2 Å². The SMILES string of the molecule is C[C@@H]1CCC[C@H](n2ncc(-c3cc(Cl)ccc3-n3cc(C(F)(F)F)nn3)cc2=O)c2cc(ccn2)-c2c(cnn2C)NC1=O. The number of rotatable bonds is 3. The molecule has 5 heterocycles. The number of pyridine rings is 1. The van der Waals surface area contributed by atoms with Crippen LogP contribution in [0.4, 0.5) is 18.9 Å². The molecule has 6 rings (SSSR count). The Morgan fingerprint density at radius 2 is 1.84 bits per heavy atom. The molecule has 0 saturated carbocycles. The summed E-state index contributed by atoms with van der Waals surface area (Å²) >= 11 is 6.24. The average molecular weight is 624 g/mol. The Morgan fingerprint density at radius 1 is 1.02 bits per heavy atom. The lowest BCUT2D eigenvalue weighted by Crippen LogP contribution is -2.29. The van der Waals surface area contributed by atoms with Gasteiger partial charge >= 0.3 is 6.18 Å². The van der Waals surface area contributed by atoms with Gasteiger partial charge in [-0.15, -0.1) is 5.10 Å². The van der Waals surface area contributed by atoms with E-state index in [0.29, 0.717) is 52.5 Å². The fourth-order valence-electron chi connectivity index (χ4n) is 5.30. The van der Waals surface area contributed by atoms with Crippen molar-refractivity contribution in [2.45, 2.75) is 38.4 Å². The summed E-state index contributed by atoms with van der Waals surface area (Å²) in [6.45, 7) is 1.85. The summed E-state index contributed by atoms with van der Waals surface area (Å²) in [5.41, 5.74) is 1.90. The van der Waals surface area contributed by atoms with Gasteiger partial charge < -0.3 is 5.32 Å². The number of carbonyl (C=O) groups is 1. The van der Waals surface area contributed by atoms with Crippen molar-refractivity contribution in [1.82, 2.24) is 39.5 Å². The number of nitrogens with one attached hydrogen (secondary N) is 1. The van der Waals surface area contributed by atoms with Crippen molar-refractivity contribution in [2.24, 2.45) is 13.0 Å². The molecular weight excluding hydrogens is 599 g/mol. The van der Waals surface area contributed by atoms with E-state index in [9.17, 15) is 22.8 Å².